The lowest BCUT2D eigenvalue weighted by Crippen LogP contribution is -2.36. The van der Waals surface area contributed by atoms with Crippen LogP contribution in [0.3, 0.4) is 0 Å². The highest BCUT2D eigenvalue weighted by molar-refractivity contribution is 7.15. The number of nitrogens with two attached hydrogens (primary N) is 1. The summed E-state index contributed by atoms with van der Waals surface area (Å²) in [5.41, 5.74) is 6.78. The van der Waals surface area contributed by atoms with Gasteiger partial charge in [-0.1, -0.05) is 0 Å². The zero-order valence-electron chi connectivity index (χ0n) is 10.1. The largest absolute Gasteiger partial charge is 0.375 e. The van der Waals surface area contributed by atoms with E-state index in [2.05, 4.69) is 20.2 Å². The molecule has 0 saturated carbocycles. The van der Waals surface area contributed by atoms with E-state index in [1.165, 1.54) is 27.6 Å². The smallest absolute Gasteiger partial charge is 0.240 e. The Hall–Kier alpha value is -1.51. The second kappa shape index (κ2) is 5.24. The van der Waals surface area contributed by atoms with Crippen molar-refractivity contribution in [1.82, 2.24) is 14.9 Å². The number of thiazole rings is 2. The molecule has 2 aromatic heterocycles. The van der Waals surface area contributed by atoms with E-state index in [-0.39, 0.29) is 5.91 Å². The molecule has 2 aromatic rings. The third-order valence-electron chi connectivity index (χ3n) is 2.87. The lowest BCUT2D eigenvalue weighted by molar-refractivity contribution is -0.117. The fourth-order valence-electron chi connectivity index (χ4n) is 2.05. The molecular weight excluding hydrogens is 282 g/mol. The first-order valence-corrected chi connectivity index (χ1v) is 7.56. The van der Waals surface area contributed by atoms with Crippen molar-refractivity contribution in [2.24, 2.45) is 0 Å². The van der Waals surface area contributed by atoms with E-state index < -0.39 is 0 Å². The predicted octanol–water partition coefficient (Wildman–Crippen LogP) is 1.18. The summed E-state index contributed by atoms with van der Waals surface area (Å²) in [6.07, 6.45) is 2.53. The molecule has 0 unspecified atom stereocenters. The maximum atomic E-state index is 11.9. The standard InChI is InChI=1S/C11H13N5OS2/c12-10-14-7-1-3-16(5-8(7)19-10)6-9(17)15-11-13-2-4-18-11/h2,4H,1,3,5-6H2,(H2,12,14)(H,13,15,17). The fourth-order valence-corrected chi connectivity index (χ4v) is 3.52. The van der Waals surface area contributed by atoms with Gasteiger partial charge in [-0.2, -0.15) is 0 Å². The van der Waals surface area contributed by atoms with Crippen LogP contribution in [0.5, 0.6) is 0 Å². The van der Waals surface area contributed by atoms with Crippen LogP contribution in [0.2, 0.25) is 0 Å². The molecule has 0 radical (unpaired) electrons. The summed E-state index contributed by atoms with van der Waals surface area (Å²) in [5, 5.41) is 5.88. The number of nitrogens with zero attached hydrogens (tertiary/aromatic N) is 3. The van der Waals surface area contributed by atoms with Crippen molar-refractivity contribution in [2.45, 2.75) is 13.0 Å². The highest BCUT2D eigenvalue weighted by Crippen LogP contribution is 2.26. The van der Waals surface area contributed by atoms with E-state index in [1.54, 1.807) is 6.20 Å². The zero-order valence-corrected chi connectivity index (χ0v) is 11.8. The van der Waals surface area contributed by atoms with Gasteiger partial charge in [-0.05, 0) is 0 Å². The molecule has 19 heavy (non-hydrogen) atoms. The number of nitrogens with one attached hydrogen (secondary N) is 1. The Bertz CT molecular complexity index is 580. The molecular formula is C11H13N5OS2. The number of fused-ring (bicyclic) bond motifs is 1. The van der Waals surface area contributed by atoms with Crippen LogP contribution in [-0.2, 0) is 17.8 Å². The Kier molecular flexibility index (Phi) is 3.45. The van der Waals surface area contributed by atoms with Gasteiger partial charge in [-0.15, -0.1) is 22.7 Å². The minimum absolute atomic E-state index is 0.0316. The molecule has 1 aliphatic rings. The highest BCUT2D eigenvalue weighted by atomic mass is 32.1. The van der Waals surface area contributed by atoms with Crippen molar-refractivity contribution < 1.29 is 4.79 Å². The maximum absolute atomic E-state index is 11.9. The monoisotopic (exact) mass is 295 g/mol. The van der Waals surface area contributed by atoms with E-state index in [4.69, 9.17) is 5.73 Å². The van der Waals surface area contributed by atoms with Gasteiger partial charge in [0.25, 0.3) is 0 Å². The second-order valence-corrected chi connectivity index (χ2v) is 6.28. The molecule has 3 N–H and O–H groups in total. The minimum Gasteiger partial charge on any atom is -0.375 e. The highest BCUT2D eigenvalue weighted by Gasteiger charge is 2.21. The number of aromatic nitrogens is 2. The molecule has 0 aliphatic carbocycles. The zero-order chi connectivity index (χ0) is 13.2. The Labute approximate surface area is 118 Å². The van der Waals surface area contributed by atoms with Crippen LogP contribution in [0, 0.1) is 0 Å². The summed E-state index contributed by atoms with van der Waals surface area (Å²) in [6.45, 7) is 1.95. The third-order valence-corrected chi connectivity index (χ3v) is 4.47. The number of hydrogen-bond acceptors (Lipinski definition) is 7. The molecule has 6 nitrogen and oxygen atoms in total. The fraction of sp³-hybridized carbons (Fsp3) is 0.364. The Morgan fingerprint density at radius 2 is 2.47 bits per heavy atom. The van der Waals surface area contributed by atoms with Gasteiger partial charge >= 0.3 is 0 Å². The average Bonchev–Trinajstić information content (AvgIpc) is 2.96. The predicted molar refractivity (Wildman–Crippen MR) is 76.3 cm³/mol. The van der Waals surface area contributed by atoms with Crippen LogP contribution in [0.25, 0.3) is 0 Å². The number of hydrogen-bond donors (Lipinski definition) is 2. The van der Waals surface area contributed by atoms with Gasteiger partial charge in [-0.3, -0.25) is 9.69 Å². The Morgan fingerprint density at radius 3 is 3.26 bits per heavy atom. The SMILES string of the molecule is Nc1nc2c(s1)CN(CC(=O)Nc1nccs1)CC2. The number of nitrogen functional groups attached to an aromatic ring is 1. The summed E-state index contributed by atoms with van der Waals surface area (Å²) in [5.74, 6) is -0.0316. The molecule has 0 fully saturated rings. The van der Waals surface area contributed by atoms with Gasteiger partial charge in [0, 0.05) is 36.0 Å². The topological polar surface area (TPSA) is 84.1 Å². The van der Waals surface area contributed by atoms with Crippen molar-refractivity contribution in [2.75, 3.05) is 24.1 Å². The van der Waals surface area contributed by atoms with Gasteiger partial charge < -0.3 is 11.1 Å². The number of carbonyl (C=O) groups excluding carboxylic acids is 1. The normalized spacial score (nSPS) is 15.2. The van der Waals surface area contributed by atoms with E-state index in [0.717, 1.165) is 25.2 Å². The van der Waals surface area contributed by atoms with Crippen molar-refractivity contribution in [3.05, 3.63) is 22.1 Å². The Morgan fingerprint density at radius 1 is 1.58 bits per heavy atom. The van der Waals surface area contributed by atoms with Crippen LogP contribution in [-0.4, -0.2) is 33.9 Å². The molecule has 0 spiro atoms. The molecule has 0 bridgehead atoms. The molecule has 3 rings (SSSR count). The van der Waals surface area contributed by atoms with Crippen LogP contribution in [0.1, 0.15) is 10.6 Å². The van der Waals surface area contributed by atoms with E-state index in [0.29, 0.717) is 16.8 Å². The Balaban J connectivity index is 1.58. The van der Waals surface area contributed by atoms with E-state index in [1.807, 2.05) is 5.38 Å². The van der Waals surface area contributed by atoms with Crippen molar-refractivity contribution in [3.63, 3.8) is 0 Å². The summed E-state index contributed by atoms with van der Waals surface area (Å²) < 4.78 is 0. The average molecular weight is 295 g/mol. The summed E-state index contributed by atoms with van der Waals surface area (Å²) >= 11 is 2.93. The van der Waals surface area contributed by atoms with Gasteiger partial charge in [-0.25, -0.2) is 9.97 Å². The first-order valence-electron chi connectivity index (χ1n) is 5.86. The molecule has 3 heterocycles. The molecule has 1 aliphatic heterocycles. The van der Waals surface area contributed by atoms with Crippen LogP contribution < -0.4 is 11.1 Å². The summed E-state index contributed by atoms with van der Waals surface area (Å²) in [6, 6.07) is 0. The van der Waals surface area contributed by atoms with Crippen molar-refractivity contribution >= 4 is 38.8 Å². The van der Waals surface area contributed by atoms with Gasteiger partial charge in [0.1, 0.15) is 0 Å². The first kappa shape index (κ1) is 12.5. The van der Waals surface area contributed by atoms with Crippen LogP contribution in [0.4, 0.5) is 10.3 Å². The first-order chi connectivity index (χ1) is 9.20. The van der Waals surface area contributed by atoms with Gasteiger partial charge in [0.2, 0.25) is 5.91 Å². The molecule has 1 amide bonds. The van der Waals surface area contributed by atoms with Gasteiger partial charge in [0.15, 0.2) is 10.3 Å². The number of anilines is 2. The molecule has 0 aromatic carbocycles. The van der Waals surface area contributed by atoms with Crippen LogP contribution in [0.15, 0.2) is 11.6 Å². The number of carbonyl (C=O) groups is 1. The summed E-state index contributed by atoms with van der Waals surface area (Å²) in [4.78, 5) is 23.5. The maximum Gasteiger partial charge on any atom is 0.240 e. The van der Waals surface area contributed by atoms with Crippen LogP contribution >= 0.6 is 22.7 Å². The van der Waals surface area contributed by atoms with E-state index in [9.17, 15) is 4.79 Å². The second-order valence-electron chi connectivity index (χ2n) is 4.27. The minimum atomic E-state index is -0.0316. The number of amides is 1. The number of rotatable bonds is 3. The summed E-state index contributed by atoms with van der Waals surface area (Å²) in [7, 11) is 0. The quantitative estimate of drug-likeness (QED) is 0.888. The molecule has 0 atom stereocenters. The molecule has 8 heteroatoms. The van der Waals surface area contributed by atoms with Crippen molar-refractivity contribution in [3.8, 4) is 0 Å². The molecule has 100 valence electrons. The van der Waals surface area contributed by atoms with E-state index >= 15 is 0 Å². The lowest BCUT2D eigenvalue weighted by Gasteiger charge is -2.24. The molecule has 0 saturated heterocycles. The van der Waals surface area contributed by atoms with Crippen molar-refractivity contribution in [1.29, 1.82) is 0 Å². The lowest BCUT2D eigenvalue weighted by atomic mass is 10.2. The van der Waals surface area contributed by atoms with Gasteiger partial charge in [0.05, 0.1) is 12.2 Å². The third kappa shape index (κ3) is 2.91.